The fourth-order valence-corrected chi connectivity index (χ4v) is 2.07. The molecule has 0 radical (unpaired) electrons. The number of carbonyl (C=O) groups excluding carboxylic acids is 2. The minimum atomic E-state index is -0.831. The third-order valence-electron chi connectivity index (χ3n) is 3.16. The Morgan fingerprint density at radius 3 is 2.75 bits per heavy atom. The molecular formula is C15H14ClN3O5. The molecule has 0 spiro atoms. The van der Waals surface area contributed by atoms with E-state index in [1.54, 1.807) is 12.1 Å². The maximum atomic E-state index is 12.1. The molecule has 2 rings (SSSR count). The van der Waals surface area contributed by atoms with E-state index in [0.29, 0.717) is 5.76 Å². The van der Waals surface area contributed by atoms with Crippen molar-refractivity contribution in [2.24, 2.45) is 0 Å². The average Bonchev–Trinajstić information content (AvgIpc) is 3.05. The van der Waals surface area contributed by atoms with Crippen molar-refractivity contribution in [3.63, 3.8) is 0 Å². The van der Waals surface area contributed by atoms with Crippen LogP contribution in [0.5, 0.6) is 0 Å². The number of nitrogens with zero attached hydrogens (tertiary/aromatic N) is 1. The van der Waals surface area contributed by atoms with Crippen molar-refractivity contribution >= 4 is 29.1 Å². The largest absolute Gasteiger partial charge is 0.467 e. The summed E-state index contributed by atoms with van der Waals surface area (Å²) in [7, 11) is 0. The topological polar surface area (TPSA) is 114 Å². The molecule has 0 aliphatic carbocycles. The smallest absolute Gasteiger partial charge is 0.288 e. The number of nitro benzene ring substituents is 1. The Morgan fingerprint density at radius 2 is 2.12 bits per heavy atom. The van der Waals surface area contributed by atoms with E-state index < -0.39 is 22.8 Å². The van der Waals surface area contributed by atoms with Crippen LogP contribution in [0, 0.1) is 10.1 Å². The highest BCUT2D eigenvalue weighted by molar-refractivity contribution is 6.32. The molecule has 0 aliphatic rings. The lowest BCUT2D eigenvalue weighted by Gasteiger charge is -2.13. The normalized spacial score (nSPS) is 11.6. The second-order valence-corrected chi connectivity index (χ2v) is 5.32. The Morgan fingerprint density at radius 1 is 1.38 bits per heavy atom. The second-order valence-electron chi connectivity index (χ2n) is 4.92. The fourth-order valence-electron chi connectivity index (χ4n) is 1.88. The summed E-state index contributed by atoms with van der Waals surface area (Å²) in [5.74, 6) is -0.450. The van der Waals surface area contributed by atoms with E-state index in [1.807, 2.05) is 0 Å². The molecule has 1 heterocycles. The summed E-state index contributed by atoms with van der Waals surface area (Å²) in [5.41, 5.74) is -0.337. The van der Waals surface area contributed by atoms with Crippen molar-refractivity contribution < 1.29 is 18.9 Å². The number of benzene rings is 1. The van der Waals surface area contributed by atoms with E-state index >= 15 is 0 Å². The number of furan rings is 1. The first-order valence-corrected chi connectivity index (χ1v) is 7.31. The van der Waals surface area contributed by atoms with E-state index in [-0.39, 0.29) is 22.8 Å². The monoisotopic (exact) mass is 351 g/mol. The zero-order valence-corrected chi connectivity index (χ0v) is 13.4. The van der Waals surface area contributed by atoms with Crippen LogP contribution in [0.25, 0.3) is 0 Å². The lowest BCUT2D eigenvalue weighted by molar-refractivity contribution is -0.384. The van der Waals surface area contributed by atoms with E-state index in [9.17, 15) is 19.7 Å². The molecule has 9 heteroatoms. The molecule has 0 saturated heterocycles. The van der Waals surface area contributed by atoms with Gasteiger partial charge in [-0.05, 0) is 31.2 Å². The molecule has 0 fully saturated rings. The number of amides is 2. The molecule has 1 aromatic heterocycles. The zero-order valence-electron chi connectivity index (χ0n) is 12.6. The molecule has 8 nitrogen and oxygen atoms in total. The molecule has 0 unspecified atom stereocenters. The SMILES string of the molecule is C[C@H](NC(=O)c1ccc(Cl)c([N+](=O)[O-])c1)C(=O)NCc1ccco1. The van der Waals surface area contributed by atoms with Gasteiger partial charge in [-0.3, -0.25) is 19.7 Å². The highest BCUT2D eigenvalue weighted by atomic mass is 35.5. The first-order chi connectivity index (χ1) is 11.4. The predicted molar refractivity (Wildman–Crippen MR) is 85.6 cm³/mol. The van der Waals surface area contributed by atoms with Crippen LogP contribution in [-0.2, 0) is 11.3 Å². The number of nitrogens with one attached hydrogen (secondary N) is 2. The van der Waals surface area contributed by atoms with Gasteiger partial charge < -0.3 is 15.1 Å². The fraction of sp³-hybridized carbons (Fsp3) is 0.200. The van der Waals surface area contributed by atoms with Crippen molar-refractivity contribution in [3.05, 3.63) is 63.1 Å². The molecule has 0 saturated carbocycles. The molecule has 24 heavy (non-hydrogen) atoms. The van der Waals surface area contributed by atoms with Gasteiger partial charge in [0.2, 0.25) is 5.91 Å². The van der Waals surface area contributed by atoms with E-state index in [0.717, 1.165) is 6.07 Å². The lowest BCUT2D eigenvalue weighted by Crippen LogP contribution is -2.44. The number of carbonyl (C=O) groups is 2. The number of hydrogen-bond acceptors (Lipinski definition) is 5. The van der Waals surface area contributed by atoms with Crippen LogP contribution in [0.4, 0.5) is 5.69 Å². The van der Waals surface area contributed by atoms with Gasteiger partial charge in [0, 0.05) is 11.6 Å². The standard InChI is InChI=1S/C15H14ClN3O5/c1-9(14(20)17-8-11-3-2-6-24-11)18-15(21)10-4-5-12(16)13(7-10)19(22)23/h2-7,9H,8H2,1H3,(H,17,20)(H,18,21)/t9-/m0/s1. The third-order valence-corrected chi connectivity index (χ3v) is 3.48. The van der Waals surface area contributed by atoms with E-state index in [4.69, 9.17) is 16.0 Å². The zero-order chi connectivity index (χ0) is 17.7. The van der Waals surface area contributed by atoms with Gasteiger partial charge in [-0.25, -0.2) is 0 Å². The second kappa shape index (κ2) is 7.60. The van der Waals surface area contributed by atoms with Crippen LogP contribution in [0.1, 0.15) is 23.0 Å². The summed E-state index contributed by atoms with van der Waals surface area (Å²) >= 11 is 5.70. The summed E-state index contributed by atoms with van der Waals surface area (Å²) in [4.78, 5) is 34.2. The van der Waals surface area contributed by atoms with Crippen LogP contribution in [0.2, 0.25) is 5.02 Å². The maximum Gasteiger partial charge on any atom is 0.288 e. The highest BCUT2D eigenvalue weighted by Gasteiger charge is 2.20. The highest BCUT2D eigenvalue weighted by Crippen LogP contribution is 2.25. The number of hydrogen-bond donors (Lipinski definition) is 2. The Hall–Kier alpha value is -2.87. The molecule has 126 valence electrons. The number of nitro groups is 1. The number of halogens is 1. The summed E-state index contributed by atoms with van der Waals surface area (Å²) in [6, 6.07) is 6.23. The Kier molecular flexibility index (Phi) is 5.54. The van der Waals surface area contributed by atoms with Crippen LogP contribution < -0.4 is 10.6 Å². The van der Waals surface area contributed by atoms with E-state index in [2.05, 4.69) is 10.6 Å². The molecule has 2 N–H and O–H groups in total. The van der Waals surface area contributed by atoms with Crippen molar-refractivity contribution in [1.82, 2.24) is 10.6 Å². The van der Waals surface area contributed by atoms with Crippen molar-refractivity contribution in [1.29, 1.82) is 0 Å². The molecule has 2 aromatic rings. The van der Waals surface area contributed by atoms with Crippen molar-refractivity contribution in [3.8, 4) is 0 Å². The predicted octanol–water partition coefficient (Wildman–Crippen LogP) is 2.28. The molecule has 2 amide bonds. The van der Waals surface area contributed by atoms with Gasteiger partial charge in [0.25, 0.3) is 11.6 Å². The maximum absolute atomic E-state index is 12.1. The molecule has 0 bridgehead atoms. The summed E-state index contributed by atoms with van der Waals surface area (Å²) in [6.45, 7) is 1.69. The van der Waals surface area contributed by atoms with Crippen LogP contribution >= 0.6 is 11.6 Å². The Balaban J connectivity index is 1.96. The van der Waals surface area contributed by atoms with Gasteiger partial charge in [-0.2, -0.15) is 0 Å². The molecular weight excluding hydrogens is 338 g/mol. The summed E-state index contributed by atoms with van der Waals surface area (Å²) in [6.07, 6.45) is 1.49. The van der Waals surface area contributed by atoms with Crippen LogP contribution in [-0.4, -0.2) is 22.8 Å². The van der Waals surface area contributed by atoms with Crippen LogP contribution in [0.3, 0.4) is 0 Å². The van der Waals surface area contributed by atoms with Crippen molar-refractivity contribution in [2.75, 3.05) is 0 Å². The summed E-state index contributed by atoms with van der Waals surface area (Å²) < 4.78 is 5.08. The van der Waals surface area contributed by atoms with Crippen LogP contribution in [0.15, 0.2) is 41.0 Å². The number of rotatable bonds is 6. The Labute approximate surface area is 141 Å². The Bertz CT molecular complexity index is 760. The average molecular weight is 352 g/mol. The minimum Gasteiger partial charge on any atom is -0.467 e. The van der Waals surface area contributed by atoms with Gasteiger partial charge in [-0.15, -0.1) is 0 Å². The molecule has 0 aliphatic heterocycles. The first kappa shape index (κ1) is 17.5. The van der Waals surface area contributed by atoms with Gasteiger partial charge in [0.15, 0.2) is 0 Å². The quantitative estimate of drug-likeness (QED) is 0.612. The van der Waals surface area contributed by atoms with E-state index in [1.165, 1.54) is 25.3 Å². The minimum absolute atomic E-state index is 0.0387. The van der Waals surface area contributed by atoms with Crippen molar-refractivity contribution in [2.45, 2.75) is 19.5 Å². The summed E-state index contributed by atoms with van der Waals surface area (Å²) in [5, 5.41) is 15.8. The van der Waals surface area contributed by atoms with Gasteiger partial charge in [0.05, 0.1) is 17.7 Å². The third kappa shape index (κ3) is 4.32. The van der Waals surface area contributed by atoms with Gasteiger partial charge >= 0.3 is 0 Å². The molecule has 1 atom stereocenters. The van der Waals surface area contributed by atoms with Gasteiger partial charge in [-0.1, -0.05) is 11.6 Å². The first-order valence-electron chi connectivity index (χ1n) is 6.93. The van der Waals surface area contributed by atoms with Gasteiger partial charge in [0.1, 0.15) is 16.8 Å². The molecule has 1 aromatic carbocycles. The lowest BCUT2D eigenvalue weighted by atomic mass is 10.1.